The summed E-state index contributed by atoms with van der Waals surface area (Å²) in [6.07, 6.45) is 14.7. The average molecular weight is 725 g/mol. The van der Waals surface area contributed by atoms with Crippen LogP contribution in [0.2, 0.25) is 0 Å². The van der Waals surface area contributed by atoms with Gasteiger partial charge in [0.15, 0.2) is 0 Å². The Hall–Kier alpha value is -5.51. The van der Waals surface area contributed by atoms with Gasteiger partial charge in [0.25, 0.3) is 0 Å². The Bertz CT molecular complexity index is 1680. The van der Waals surface area contributed by atoms with Crippen LogP contribution in [-0.2, 0) is 25.5 Å². The van der Waals surface area contributed by atoms with E-state index in [1.54, 1.807) is 42.8 Å². The van der Waals surface area contributed by atoms with E-state index in [1.165, 1.54) is 0 Å². The van der Waals surface area contributed by atoms with Crippen molar-refractivity contribution in [2.45, 2.75) is 78.1 Å². The second-order valence-electron chi connectivity index (χ2n) is 12.3. The van der Waals surface area contributed by atoms with Crippen molar-refractivity contribution in [3.05, 3.63) is 114 Å². The summed E-state index contributed by atoms with van der Waals surface area (Å²) in [4.78, 5) is 35.5. The molecule has 0 atom stereocenters. The summed E-state index contributed by atoms with van der Waals surface area (Å²) in [6, 6.07) is 18.5. The second kappa shape index (κ2) is 24.6. The third-order valence-corrected chi connectivity index (χ3v) is 7.99. The van der Waals surface area contributed by atoms with Gasteiger partial charge in [-0.15, -0.1) is 0 Å². The smallest absolute Gasteiger partial charge is 0.343 e. The van der Waals surface area contributed by atoms with Gasteiger partial charge in [-0.2, -0.15) is 10.2 Å². The first-order valence-electron chi connectivity index (χ1n) is 18.3. The zero-order valence-electron chi connectivity index (χ0n) is 31.1. The van der Waals surface area contributed by atoms with Crippen LogP contribution >= 0.6 is 0 Å². The molecule has 0 amide bonds. The summed E-state index contributed by atoms with van der Waals surface area (Å²) in [5, 5.41) is 8.61. The number of nitrogens with zero attached hydrogens (tertiary/aromatic N) is 2. The topological polar surface area (TPSA) is 122 Å². The van der Waals surface area contributed by atoms with Gasteiger partial charge in [0.2, 0.25) is 0 Å². The maximum atomic E-state index is 13.2. The van der Waals surface area contributed by atoms with Gasteiger partial charge in [-0.25, -0.2) is 14.4 Å². The SMILES string of the molecule is C=CC(=O)OCCCCCCOc1ccc(C(=O)Oc2ccc(CCCCC)cc2/C=N/N=C/c2cc(C)ccc2OCCCCOC(=O)C=C)cc1. The molecule has 0 saturated heterocycles. The van der Waals surface area contributed by atoms with Crippen LogP contribution in [-0.4, -0.2) is 56.8 Å². The van der Waals surface area contributed by atoms with E-state index in [0.717, 1.165) is 80.2 Å². The van der Waals surface area contributed by atoms with Crippen molar-refractivity contribution in [3.63, 3.8) is 0 Å². The zero-order valence-corrected chi connectivity index (χ0v) is 31.1. The molecule has 0 radical (unpaired) electrons. The van der Waals surface area contributed by atoms with E-state index in [9.17, 15) is 14.4 Å². The summed E-state index contributed by atoms with van der Waals surface area (Å²) >= 11 is 0. The quantitative estimate of drug-likeness (QED) is 0.0212. The van der Waals surface area contributed by atoms with Crippen molar-refractivity contribution >= 4 is 30.3 Å². The molecule has 0 aliphatic carbocycles. The summed E-state index contributed by atoms with van der Waals surface area (Å²) < 4.78 is 27.7. The fourth-order valence-electron chi connectivity index (χ4n) is 5.06. The molecular weight excluding hydrogens is 672 g/mol. The highest BCUT2D eigenvalue weighted by Gasteiger charge is 2.13. The molecule has 0 spiro atoms. The van der Waals surface area contributed by atoms with Crippen LogP contribution in [0.15, 0.2) is 96.2 Å². The molecule has 0 unspecified atom stereocenters. The fraction of sp³-hybridized carbons (Fsp3) is 0.372. The lowest BCUT2D eigenvalue weighted by atomic mass is 10.0. The number of unbranched alkanes of at least 4 members (excludes halogenated alkanes) is 6. The van der Waals surface area contributed by atoms with E-state index >= 15 is 0 Å². The largest absolute Gasteiger partial charge is 0.494 e. The molecular formula is C43H52N2O8. The molecule has 0 fully saturated rings. The molecule has 282 valence electrons. The maximum absolute atomic E-state index is 13.2. The van der Waals surface area contributed by atoms with E-state index in [2.05, 4.69) is 30.3 Å². The lowest BCUT2D eigenvalue weighted by molar-refractivity contribution is -0.138. The zero-order chi connectivity index (χ0) is 38.1. The average Bonchev–Trinajstić information content (AvgIpc) is 3.17. The fourth-order valence-corrected chi connectivity index (χ4v) is 5.06. The Labute approximate surface area is 313 Å². The third kappa shape index (κ3) is 16.6. The molecule has 0 aromatic heterocycles. The lowest BCUT2D eigenvalue weighted by Crippen LogP contribution is -2.10. The van der Waals surface area contributed by atoms with Gasteiger partial charge in [0, 0.05) is 23.3 Å². The number of hydrogen-bond acceptors (Lipinski definition) is 10. The number of rotatable bonds is 25. The van der Waals surface area contributed by atoms with E-state index in [0.29, 0.717) is 67.6 Å². The van der Waals surface area contributed by atoms with Gasteiger partial charge >= 0.3 is 17.9 Å². The predicted molar refractivity (Wildman–Crippen MR) is 208 cm³/mol. The first kappa shape index (κ1) is 41.9. The molecule has 53 heavy (non-hydrogen) atoms. The molecule has 0 bridgehead atoms. The van der Waals surface area contributed by atoms with E-state index in [4.69, 9.17) is 23.7 Å². The van der Waals surface area contributed by atoms with Crippen molar-refractivity contribution in [2.75, 3.05) is 26.4 Å². The number of aryl methyl sites for hydroxylation is 2. The molecule has 3 aromatic carbocycles. The Morgan fingerprint density at radius 3 is 1.89 bits per heavy atom. The van der Waals surface area contributed by atoms with Crippen LogP contribution < -0.4 is 14.2 Å². The third-order valence-electron chi connectivity index (χ3n) is 7.99. The molecule has 3 rings (SSSR count). The lowest BCUT2D eigenvalue weighted by Gasteiger charge is -2.11. The molecule has 0 aliphatic rings. The van der Waals surface area contributed by atoms with Gasteiger partial charge in [0.1, 0.15) is 17.2 Å². The van der Waals surface area contributed by atoms with Crippen LogP contribution in [0.25, 0.3) is 0 Å². The highest BCUT2D eigenvalue weighted by Crippen LogP contribution is 2.23. The number of benzene rings is 3. The molecule has 0 heterocycles. The Kier molecular flexibility index (Phi) is 19.5. The molecule has 0 N–H and O–H groups in total. The number of ether oxygens (including phenoxy) is 5. The summed E-state index contributed by atoms with van der Waals surface area (Å²) in [6.45, 7) is 12.6. The van der Waals surface area contributed by atoms with Crippen molar-refractivity contribution in [1.29, 1.82) is 0 Å². The summed E-state index contributed by atoms with van der Waals surface area (Å²) in [7, 11) is 0. The Balaban J connectivity index is 1.60. The van der Waals surface area contributed by atoms with E-state index < -0.39 is 17.9 Å². The van der Waals surface area contributed by atoms with Crippen LogP contribution in [0.3, 0.4) is 0 Å². The molecule has 10 nitrogen and oxygen atoms in total. The van der Waals surface area contributed by atoms with E-state index in [1.807, 2.05) is 37.3 Å². The van der Waals surface area contributed by atoms with Crippen molar-refractivity contribution in [2.24, 2.45) is 10.2 Å². The highest BCUT2D eigenvalue weighted by atomic mass is 16.5. The second-order valence-corrected chi connectivity index (χ2v) is 12.3. The van der Waals surface area contributed by atoms with Crippen molar-refractivity contribution in [1.82, 2.24) is 0 Å². The van der Waals surface area contributed by atoms with Gasteiger partial charge in [-0.05, 0) is 112 Å². The highest BCUT2D eigenvalue weighted by molar-refractivity contribution is 5.93. The minimum Gasteiger partial charge on any atom is -0.494 e. The van der Waals surface area contributed by atoms with Gasteiger partial charge in [0.05, 0.1) is 44.4 Å². The standard InChI is InChI=1S/C43H52N2O8/c1-5-8-11-16-34-18-24-40(53-43(48)35-19-21-38(22-20-35)49-25-12-9-10-13-27-51-41(46)6-2)37(30-34)32-45-44-31-36-29-33(4)17-23-39(36)50-26-14-15-28-52-42(47)7-3/h6-7,17-24,29-32H,2-3,5,8-16,25-28H2,1,4H3/b44-31+,45-32+. The predicted octanol–water partition coefficient (Wildman–Crippen LogP) is 8.96. The first-order valence-corrected chi connectivity index (χ1v) is 18.3. The molecule has 0 aliphatic heterocycles. The van der Waals surface area contributed by atoms with Gasteiger partial charge in [-0.3, -0.25) is 0 Å². The van der Waals surface area contributed by atoms with Crippen LogP contribution in [0, 0.1) is 6.92 Å². The van der Waals surface area contributed by atoms with Crippen LogP contribution in [0.4, 0.5) is 0 Å². The van der Waals surface area contributed by atoms with Gasteiger partial charge < -0.3 is 23.7 Å². The van der Waals surface area contributed by atoms with Gasteiger partial charge in [-0.1, -0.05) is 50.6 Å². The summed E-state index contributed by atoms with van der Waals surface area (Å²) in [5.74, 6) is 0.385. The number of carbonyl (C=O) groups is 3. The van der Waals surface area contributed by atoms with Crippen LogP contribution in [0.1, 0.15) is 97.3 Å². The Morgan fingerprint density at radius 2 is 1.23 bits per heavy atom. The van der Waals surface area contributed by atoms with Crippen LogP contribution in [0.5, 0.6) is 17.2 Å². The minimum absolute atomic E-state index is 0.311. The summed E-state index contributed by atoms with van der Waals surface area (Å²) in [5.41, 5.74) is 3.97. The first-order chi connectivity index (χ1) is 25.8. The molecule has 10 heteroatoms. The maximum Gasteiger partial charge on any atom is 0.343 e. The number of esters is 3. The molecule has 3 aromatic rings. The number of hydrogen-bond donors (Lipinski definition) is 0. The normalized spacial score (nSPS) is 11.0. The Morgan fingerprint density at radius 1 is 0.642 bits per heavy atom. The monoisotopic (exact) mass is 724 g/mol. The minimum atomic E-state index is -0.494. The molecule has 0 saturated carbocycles. The van der Waals surface area contributed by atoms with Crippen molar-refractivity contribution in [3.8, 4) is 17.2 Å². The number of carbonyl (C=O) groups excluding carboxylic acids is 3. The van der Waals surface area contributed by atoms with E-state index in [-0.39, 0.29) is 0 Å². The van der Waals surface area contributed by atoms with Crippen molar-refractivity contribution < 1.29 is 38.1 Å².